The zero-order chi connectivity index (χ0) is 26.6. The SMILES string of the molecule is Cc1ccc(C(=O)N2CCN(c3ccc([N+](=O)[O-])c(NC(C)C45CC6CC(CC(C6)C4)C5)c3)CC2)cc1Cl. The van der Waals surface area contributed by atoms with Crippen molar-refractivity contribution in [3.63, 3.8) is 0 Å². The molecule has 1 unspecified atom stereocenters. The summed E-state index contributed by atoms with van der Waals surface area (Å²) in [6, 6.07) is 11.1. The molecule has 1 amide bonds. The van der Waals surface area contributed by atoms with Crippen LogP contribution in [0.25, 0.3) is 0 Å². The third-order valence-corrected chi connectivity index (χ3v) is 10.3. The van der Waals surface area contributed by atoms with Gasteiger partial charge in [-0.15, -0.1) is 0 Å². The van der Waals surface area contributed by atoms with E-state index in [9.17, 15) is 14.9 Å². The van der Waals surface area contributed by atoms with E-state index < -0.39 is 0 Å². The molecule has 2 aromatic carbocycles. The number of hydrogen-bond acceptors (Lipinski definition) is 5. The summed E-state index contributed by atoms with van der Waals surface area (Å²) in [4.78, 5) is 28.8. The molecule has 0 radical (unpaired) electrons. The topological polar surface area (TPSA) is 78.7 Å². The fourth-order valence-corrected chi connectivity index (χ4v) is 8.35. The highest BCUT2D eigenvalue weighted by Crippen LogP contribution is 2.61. The van der Waals surface area contributed by atoms with E-state index in [2.05, 4.69) is 17.1 Å². The summed E-state index contributed by atoms with van der Waals surface area (Å²) < 4.78 is 0. The van der Waals surface area contributed by atoms with Gasteiger partial charge in [0, 0.05) is 54.6 Å². The number of piperazine rings is 1. The Labute approximate surface area is 229 Å². The number of amides is 1. The van der Waals surface area contributed by atoms with Crippen LogP contribution in [0.15, 0.2) is 36.4 Å². The normalized spacial score (nSPS) is 28.9. The molecule has 7 nitrogen and oxygen atoms in total. The van der Waals surface area contributed by atoms with Crippen molar-refractivity contribution in [1.82, 2.24) is 4.90 Å². The van der Waals surface area contributed by atoms with Crippen molar-refractivity contribution in [3.05, 3.63) is 62.7 Å². The van der Waals surface area contributed by atoms with Gasteiger partial charge in [-0.2, -0.15) is 0 Å². The first-order chi connectivity index (χ1) is 18.2. The van der Waals surface area contributed by atoms with Crippen molar-refractivity contribution >= 4 is 34.6 Å². The number of carbonyl (C=O) groups excluding carboxylic acids is 1. The molecule has 1 saturated heterocycles. The summed E-state index contributed by atoms with van der Waals surface area (Å²) in [6.07, 6.45) is 7.90. The van der Waals surface area contributed by atoms with E-state index in [1.54, 1.807) is 12.1 Å². The molecule has 4 saturated carbocycles. The molecule has 0 spiro atoms. The first-order valence-electron chi connectivity index (χ1n) is 14.1. The van der Waals surface area contributed by atoms with Gasteiger partial charge in [0.1, 0.15) is 5.69 Å². The molecular weight excluding hydrogens is 500 g/mol. The molecule has 4 aliphatic carbocycles. The summed E-state index contributed by atoms with van der Waals surface area (Å²) in [7, 11) is 0. The summed E-state index contributed by atoms with van der Waals surface area (Å²) in [5.74, 6) is 2.49. The molecule has 7 rings (SSSR count). The third-order valence-electron chi connectivity index (χ3n) is 9.90. The fourth-order valence-electron chi connectivity index (χ4n) is 8.17. The molecule has 2 aromatic rings. The Bertz CT molecular complexity index is 1220. The van der Waals surface area contributed by atoms with Crippen LogP contribution >= 0.6 is 11.6 Å². The Morgan fingerprint density at radius 1 is 1.03 bits per heavy atom. The largest absolute Gasteiger partial charge is 0.376 e. The van der Waals surface area contributed by atoms with Crippen molar-refractivity contribution in [2.75, 3.05) is 36.4 Å². The number of carbonyl (C=O) groups is 1. The minimum atomic E-state index is -0.276. The standard InChI is InChI=1S/C30H37ClN4O3/c1-19-3-4-24(14-26(19)31)29(36)34-9-7-33(8-10-34)25-5-6-28(35(37)38)27(15-25)32-20(2)30-16-21-11-22(17-30)13-23(12-21)18-30/h3-6,14-15,20-23,32H,7-13,16-18H2,1-2H3. The zero-order valence-corrected chi connectivity index (χ0v) is 23.0. The van der Waals surface area contributed by atoms with Gasteiger partial charge in [-0.25, -0.2) is 0 Å². The number of rotatable bonds is 6. The number of hydrogen-bond donors (Lipinski definition) is 1. The average Bonchev–Trinajstić information content (AvgIpc) is 2.89. The van der Waals surface area contributed by atoms with Crippen LogP contribution in [0.5, 0.6) is 0 Å². The lowest BCUT2D eigenvalue weighted by atomic mass is 9.48. The Hall–Kier alpha value is -2.80. The van der Waals surface area contributed by atoms with Crippen molar-refractivity contribution in [2.45, 2.75) is 58.4 Å². The molecule has 5 fully saturated rings. The maximum absolute atomic E-state index is 13.0. The summed E-state index contributed by atoms with van der Waals surface area (Å²) in [6.45, 7) is 6.69. The fraction of sp³-hybridized carbons (Fsp3) is 0.567. The van der Waals surface area contributed by atoms with E-state index in [1.807, 2.05) is 36.1 Å². The Morgan fingerprint density at radius 3 is 2.24 bits per heavy atom. The maximum Gasteiger partial charge on any atom is 0.292 e. The molecule has 1 N–H and O–H groups in total. The van der Waals surface area contributed by atoms with E-state index in [0.717, 1.165) is 29.0 Å². The predicted octanol–water partition coefficient (Wildman–Crippen LogP) is 6.54. The second-order valence-electron chi connectivity index (χ2n) is 12.3. The van der Waals surface area contributed by atoms with E-state index in [1.165, 1.54) is 38.5 Å². The molecule has 1 atom stereocenters. The van der Waals surface area contributed by atoms with E-state index >= 15 is 0 Å². The Kier molecular flexibility index (Phi) is 6.53. The van der Waals surface area contributed by atoms with Crippen LogP contribution in [0.4, 0.5) is 17.1 Å². The lowest BCUT2D eigenvalue weighted by Crippen LogP contribution is -2.53. The molecule has 38 heavy (non-hydrogen) atoms. The summed E-state index contributed by atoms with van der Waals surface area (Å²) in [5.41, 5.74) is 3.52. The van der Waals surface area contributed by atoms with Crippen LogP contribution in [0.2, 0.25) is 5.02 Å². The molecule has 202 valence electrons. The number of benzene rings is 2. The molecule has 1 heterocycles. The Morgan fingerprint density at radius 2 is 1.66 bits per heavy atom. The molecule has 8 heteroatoms. The van der Waals surface area contributed by atoms with Gasteiger partial charge in [0.2, 0.25) is 0 Å². The lowest BCUT2D eigenvalue weighted by molar-refractivity contribution is -0.384. The van der Waals surface area contributed by atoms with Gasteiger partial charge < -0.3 is 15.1 Å². The highest BCUT2D eigenvalue weighted by Gasteiger charge is 2.53. The van der Waals surface area contributed by atoms with Crippen LogP contribution in [-0.2, 0) is 0 Å². The summed E-state index contributed by atoms with van der Waals surface area (Å²) >= 11 is 6.24. The van der Waals surface area contributed by atoms with Crippen LogP contribution in [-0.4, -0.2) is 48.0 Å². The highest BCUT2D eigenvalue weighted by atomic mass is 35.5. The van der Waals surface area contributed by atoms with Crippen molar-refractivity contribution < 1.29 is 9.72 Å². The van der Waals surface area contributed by atoms with Gasteiger partial charge >= 0.3 is 0 Å². The highest BCUT2D eigenvalue weighted by molar-refractivity contribution is 6.31. The van der Waals surface area contributed by atoms with Gasteiger partial charge in [0.25, 0.3) is 11.6 Å². The van der Waals surface area contributed by atoms with Gasteiger partial charge in [0.05, 0.1) is 4.92 Å². The van der Waals surface area contributed by atoms with E-state index in [-0.39, 0.29) is 28.0 Å². The van der Waals surface area contributed by atoms with E-state index in [4.69, 9.17) is 11.6 Å². The molecular formula is C30H37ClN4O3. The second-order valence-corrected chi connectivity index (χ2v) is 12.8. The van der Waals surface area contributed by atoms with Crippen molar-refractivity contribution in [2.24, 2.45) is 23.2 Å². The van der Waals surface area contributed by atoms with Crippen molar-refractivity contribution in [1.29, 1.82) is 0 Å². The van der Waals surface area contributed by atoms with E-state index in [0.29, 0.717) is 42.5 Å². The first kappa shape index (κ1) is 25.5. The average molecular weight is 537 g/mol. The second kappa shape index (κ2) is 9.74. The van der Waals surface area contributed by atoms with Crippen LogP contribution in [0, 0.1) is 40.2 Å². The van der Waals surface area contributed by atoms with Crippen LogP contribution in [0.3, 0.4) is 0 Å². The number of nitrogens with zero attached hydrogens (tertiary/aromatic N) is 3. The quantitative estimate of drug-likeness (QED) is 0.335. The van der Waals surface area contributed by atoms with Gasteiger partial charge in [-0.3, -0.25) is 14.9 Å². The smallest absolute Gasteiger partial charge is 0.292 e. The minimum absolute atomic E-state index is 0.0120. The van der Waals surface area contributed by atoms with Gasteiger partial charge in [0.15, 0.2) is 0 Å². The first-order valence-corrected chi connectivity index (χ1v) is 14.4. The number of anilines is 2. The van der Waals surface area contributed by atoms with Crippen molar-refractivity contribution in [3.8, 4) is 0 Å². The lowest BCUT2D eigenvalue weighted by Gasteiger charge is -2.59. The Balaban J connectivity index is 1.16. The number of nitro benzene ring substituents is 1. The predicted molar refractivity (Wildman–Crippen MR) is 151 cm³/mol. The van der Waals surface area contributed by atoms with Crippen LogP contribution < -0.4 is 10.2 Å². The molecule has 0 aromatic heterocycles. The van der Waals surface area contributed by atoms with Gasteiger partial charge in [-0.1, -0.05) is 17.7 Å². The number of nitro groups is 1. The summed E-state index contributed by atoms with van der Waals surface area (Å²) in [5, 5.41) is 16.2. The monoisotopic (exact) mass is 536 g/mol. The maximum atomic E-state index is 13.0. The minimum Gasteiger partial charge on any atom is -0.376 e. The third kappa shape index (κ3) is 4.63. The number of halogens is 1. The zero-order valence-electron chi connectivity index (χ0n) is 22.3. The molecule has 1 aliphatic heterocycles. The molecule has 5 aliphatic rings. The van der Waals surface area contributed by atoms with Crippen LogP contribution in [0.1, 0.15) is 61.4 Å². The molecule has 4 bridgehead atoms. The van der Waals surface area contributed by atoms with Gasteiger partial charge in [-0.05, 0) is 105 Å². The number of nitrogens with one attached hydrogen (secondary N) is 1. The number of aryl methyl sites for hydroxylation is 1.